The summed E-state index contributed by atoms with van der Waals surface area (Å²) < 4.78 is 23.1. The molecule has 1 N–H and O–H groups in total. The second kappa shape index (κ2) is 12.3. The second-order valence-corrected chi connectivity index (χ2v) is 11.2. The fourth-order valence-corrected chi connectivity index (χ4v) is 4.91. The molecular formula is C29H34ClN3O7. The van der Waals surface area contributed by atoms with Crippen molar-refractivity contribution in [3.05, 3.63) is 64.3 Å². The number of amides is 1. The third kappa shape index (κ3) is 6.74. The predicted octanol–water partition coefficient (Wildman–Crippen LogP) is 5.26. The van der Waals surface area contributed by atoms with Crippen LogP contribution >= 0.6 is 11.6 Å². The number of benzene rings is 2. The fraction of sp³-hybridized carbons (Fsp3) is 0.448. The van der Waals surface area contributed by atoms with Crippen LogP contribution in [0.4, 0.5) is 5.69 Å². The smallest absolute Gasteiger partial charge is 0.303 e. The number of aryl methyl sites for hydroxylation is 2. The van der Waals surface area contributed by atoms with E-state index in [-0.39, 0.29) is 42.9 Å². The summed E-state index contributed by atoms with van der Waals surface area (Å²) in [5.74, 6) is 0.497. The highest BCUT2D eigenvalue weighted by molar-refractivity contribution is 6.30. The Balaban J connectivity index is 1.75. The Morgan fingerprint density at radius 1 is 1.12 bits per heavy atom. The van der Waals surface area contributed by atoms with Crippen molar-refractivity contribution in [2.75, 3.05) is 25.7 Å². The number of carboxylic acid groups (broad SMARTS) is 1. The summed E-state index contributed by atoms with van der Waals surface area (Å²) in [6.07, 6.45) is -0.992. The molecule has 0 radical (unpaired) electrons. The van der Waals surface area contributed by atoms with E-state index >= 15 is 0 Å². The zero-order valence-electron chi connectivity index (χ0n) is 23.3. The van der Waals surface area contributed by atoms with Gasteiger partial charge in [-0.3, -0.25) is 9.59 Å². The molecule has 0 saturated heterocycles. The molecule has 3 aromatic rings. The molecule has 0 spiro atoms. The van der Waals surface area contributed by atoms with Crippen LogP contribution in [0.25, 0.3) is 0 Å². The topological polar surface area (TPSA) is 124 Å². The largest absolute Gasteiger partial charge is 0.493 e. The minimum atomic E-state index is -0.949. The van der Waals surface area contributed by atoms with Crippen molar-refractivity contribution in [2.45, 2.75) is 58.7 Å². The lowest BCUT2D eigenvalue weighted by molar-refractivity contribution is -0.137. The standard InChI is InChI=1S/C29H34ClN3O7/c1-29(2,3)16-33-20-10-9-17(30)15-19(20)26(18-7-6-8-21(37-4)27(18)38-5)39-22(28(33)36)11-12-23-31-24(40-32-23)13-14-25(34)35/h6-10,15,22,26H,11-14,16H2,1-5H3,(H,34,35)/t22-,26-/m1/s1. The van der Waals surface area contributed by atoms with Crippen molar-refractivity contribution in [3.8, 4) is 11.5 Å². The summed E-state index contributed by atoms with van der Waals surface area (Å²) in [7, 11) is 3.12. The molecule has 10 nitrogen and oxygen atoms in total. The highest BCUT2D eigenvalue weighted by Gasteiger charge is 2.39. The maximum absolute atomic E-state index is 14.1. The van der Waals surface area contributed by atoms with Gasteiger partial charge >= 0.3 is 5.97 Å². The molecule has 4 rings (SSSR count). The van der Waals surface area contributed by atoms with Gasteiger partial charge < -0.3 is 28.7 Å². The minimum absolute atomic E-state index is 0.113. The van der Waals surface area contributed by atoms with Crippen LogP contribution in [0.1, 0.15) is 62.6 Å². The molecule has 11 heteroatoms. The van der Waals surface area contributed by atoms with Gasteiger partial charge in [0.05, 0.1) is 20.6 Å². The van der Waals surface area contributed by atoms with Crippen molar-refractivity contribution in [3.63, 3.8) is 0 Å². The second-order valence-electron chi connectivity index (χ2n) is 10.8. The van der Waals surface area contributed by atoms with Crippen molar-refractivity contribution < 1.29 is 33.4 Å². The molecule has 214 valence electrons. The number of carboxylic acids is 1. The number of para-hydroxylation sites is 1. The predicted molar refractivity (Wildman–Crippen MR) is 148 cm³/mol. The van der Waals surface area contributed by atoms with Gasteiger partial charge in [-0.2, -0.15) is 4.98 Å². The molecule has 0 bridgehead atoms. The first-order chi connectivity index (χ1) is 19.0. The van der Waals surface area contributed by atoms with Gasteiger partial charge in [0, 0.05) is 41.2 Å². The molecule has 1 amide bonds. The fourth-order valence-electron chi connectivity index (χ4n) is 4.73. The number of ether oxygens (including phenoxy) is 3. The first kappa shape index (κ1) is 29.4. The van der Waals surface area contributed by atoms with Crippen LogP contribution in [-0.4, -0.2) is 54.0 Å². The number of fused-ring (bicyclic) bond motifs is 1. The molecule has 0 unspecified atom stereocenters. The van der Waals surface area contributed by atoms with Crippen molar-refractivity contribution >= 4 is 29.2 Å². The summed E-state index contributed by atoms with van der Waals surface area (Å²) in [5.41, 5.74) is 1.92. The summed E-state index contributed by atoms with van der Waals surface area (Å²) in [6, 6.07) is 11.0. The number of methoxy groups -OCH3 is 2. The minimum Gasteiger partial charge on any atom is -0.493 e. The number of halogens is 1. The van der Waals surface area contributed by atoms with Crippen molar-refractivity contribution in [2.24, 2.45) is 5.41 Å². The molecule has 1 aliphatic heterocycles. The van der Waals surface area contributed by atoms with Gasteiger partial charge in [-0.05, 0) is 36.1 Å². The first-order valence-electron chi connectivity index (χ1n) is 13.0. The zero-order valence-corrected chi connectivity index (χ0v) is 24.0. The number of rotatable bonds is 10. The van der Waals surface area contributed by atoms with Crippen LogP contribution in [0.2, 0.25) is 5.02 Å². The van der Waals surface area contributed by atoms with E-state index in [1.54, 1.807) is 31.3 Å². The number of carbonyl (C=O) groups excluding carboxylic acids is 1. The lowest BCUT2D eigenvalue weighted by atomic mass is 9.94. The Hall–Kier alpha value is -3.63. The van der Waals surface area contributed by atoms with E-state index < -0.39 is 18.2 Å². The van der Waals surface area contributed by atoms with Crippen LogP contribution in [-0.2, 0) is 27.2 Å². The number of hydrogen-bond donors (Lipinski definition) is 1. The third-order valence-electron chi connectivity index (χ3n) is 6.45. The van der Waals surface area contributed by atoms with Gasteiger partial charge in [-0.15, -0.1) is 0 Å². The van der Waals surface area contributed by atoms with Crippen molar-refractivity contribution in [1.82, 2.24) is 10.1 Å². The number of carbonyl (C=O) groups is 2. The van der Waals surface area contributed by atoms with Gasteiger partial charge in [0.15, 0.2) is 17.3 Å². The quantitative estimate of drug-likeness (QED) is 0.347. The van der Waals surface area contributed by atoms with Crippen LogP contribution in [0, 0.1) is 5.41 Å². The van der Waals surface area contributed by atoms with E-state index in [1.165, 1.54) is 0 Å². The molecule has 2 heterocycles. The molecule has 40 heavy (non-hydrogen) atoms. The maximum atomic E-state index is 14.1. The third-order valence-corrected chi connectivity index (χ3v) is 6.68. The lowest BCUT2D eigenvalue weighted by Crippen LogP contribution is -2.43. The molecule has 0 aliphatic carbocycles. The lowest BCUT2D eigenvalue weighted by Gasteiger charge is -2.31. The molecule has 0 fully saturated rings. The summed E-state index contributed by atoms with van der Waals surface area (Å²) >= 11 is 6.48. The SMILES string of the molecule is COc1cccc([C@H]2O[C@H](CCc3noc(CCC(=O)O)n3)C(=O)N(CC(C)(C)C)c3ccc(Cl)cc32)c1OC. The van der Waals surface area contributed by atoms with Crippen molar-refractivity contribution in [1.29, 1.82) is 0 Å². The molecular weight excluding hydrogens is 538 g/mol. The number of aliphatic carboxylic acids is 1. The average Bonchev–Trinajstić information content (AvgIpc) is 3.33. The van der Waals surface area contributed by atoms with E-state index in [2.05, 4.69) is 30.9 Å². The first-order valence-corrected chi connectivity index (χ1v) is 13.4. The highest BCUT2D eigenvalue weighted by atomic mass is 35.5. The van der Waals surface area contributed by atoms with Crippen LogP contribution < -0.4 is 14.4 Å². The normalized spacial score (nSPS) is 17.4. The number of nitrogens with zero attached hydrogens (tertiary/aromatic N) is 3. The highest BCUT2D eigenvalue weighted by Crippen LogP contribution is 2.45. The summed E-state index contributed by atoms with van der Waals surface area (Å²) in [5, 5.41) is 13.4. The summed E-state index contributed by atoms with van der Waals surface area (Å²) in [6.45, 7) is 6.65. The molecule has 2 aromatic carbocycles. The van der Waals surface area contributed by atoms with Crippen LogP contribution in [0.3, 0.4) is 0 Å². The van der Waals surface area contributed by atoms with Crippen LogP contribution in [0.5, 0.6) is 11.5 Å². The van der Waals surface area contributed by atoms with Crippen LogP contribution in [0.15, 0.2) is 40.9 Å². The Morgan fingerprint density at radius 2 is 1.90 bits per heavy atom. The van der Waals surface area contributed by atoms with E-state index in [4.69, 9.17) is 35.4 Å². The Labute approximate surface area is 238 Å². The number of aromatic nitrogens is 2. The summed E-state index contributed by atoms with van der Waals surface area (Å²) in [4.78, 5) is 31.1. The van der Waals surface area contributed by atoms with E-state index in [0.717, 1.165) is 5.56 Å². The Kier molecular flexibility index (Phi) is 9.00. The van der Waals surface area contributed by atoms with E-state index in [1.807, 2.05) is 24.3 Å². The molecule has 0 saturated carbocycles. The van der Waals surface area contributed by atoms with Gasteiger partial charge in [-0.1, -0.05) is 49.7 Å². The number of hydrogen-bond acceptors (Lipinski definition) is 8. The number of anilines is 1. The zero-order chi connectivity index (χ0) is 29.0. The van der Waals surface area contributed by atoms with Gasteiger partial charge in [0.25, 0.3) is 5.91 Å². The Morgan fingerprint density at radius 3 is 2.58 bits per heavy atom. The monoisotopic (exact) mass is 571 g/mol. The molecule has 1 aliphatic rings. The van der Waals surface area contributed by atoms with Gasteiger partial charge in [0.2, 0.25) is 5.89 Å². The van der Waals surface area contributed by atoms with E-state index in [0.29, 0.717) is 40.1 Å². The Bertz CT molecular complexity index is 1370. The van der Waals surface area contributed by atoms with E-state index in [9.17, 15) is 9.59 Å². The van der Waals surface area contributed by atoms with Gasteiger partial charge in [0.1, 0.15) is 12.2 Å². The molecule has 1 aromatic heterocycles. The van der Waals surface area contributed by atoms with Gasteiger partial charge in [-0.25, -0.2) is 0 Å². The molecule has 2 atom stereocenters. The average molecular weight is 572 g/mol. The maximum Gasteiger partial charge on any atom is 0.303 e.